The molecule has 0 aliphatic heterocycles. The fourth-order valence-corrected chi connectivity index (χ4v) is 2.07. The lowest BCUT2D eigenvalue weighted by Crippen LogP contribution is -2.12. The van der Waals surface area contributed by atoms with Gasteiger partial charge in [0.2, 0.25) is 0 Å². The molecule has 0 aromatic heterocycles. The first-order valence-electron chi connectivity index (χ1n) is 5.49. The minimum absolute atomic E-state index is 0.179. The van der Waals surface area contributed by atoms with Crippen LogP contribution in [0.3, 0.4) is 0 Å². The molecule has 0 unspecified atom stereocenters. The van der Waals surface area contributed by atoms with Gasteiger partial charge in [-0.2, -0.15) is 0 Å². The Morgan fingerprint density at radius 2 is 2.24 bits per heavy atom. The van der Waals surface area contributed by atoms with Gasteiger partial charge >= 0.3 is 0 Å². The first-order chi connectivity index (χ1) is 8.20. The van der Waals surface area contributed by atoms with Crippen LogP contribution in [-0.4, -0.2) is 12.9 Å². The van der Waals surface area contributed by atoms with Crippen LogP contribution >= 0.6 is 11.6 Å². The molecule has 1 N–H and O–H groups in total. The standard InChI is InChI=1S/C13H14ClNO2/c1-17-13-4-2-3-12(14)11(13)8-15-9-5-6-10(16)7-9/h2-4,7,15H,5-6,8H2,1H3. The molecule has 90 valence electrons. The average Bonchev–Trinajstić information content (AvgIpc) is 2.73. The van der Waals surface area contributed by atoms with Crippen molar-refractivity contribution in [3.63, 3.8) is 0 Å². The molecular formula is C13H14ClNO2. The molecule has 0 saturated heterocycles. The van der Waals surface area contributed by atoms with Crippen molar-refractivity contribution < 1.29 is 9.53 Å². The average molecular weight is 252 g/mol. The minimum atomic E-state index is 0.179. The van der Waals surface area contributed by atoms with E-state index in [1.54, 1.807) is 13.2 Å². The van der Waals surface area contributed by atoms with Crippen LogP contribution in [0, 0.1) is 0 Å². The molecule has 2 rings (SSSR count). The van der Waals surface area contributed by atoms with Crippen molar-refractivity contribution >= 4 is 17.4 Å². The van der Waals surface area contributed by atoms with Gasteiger partial charge in [-0.1, -0.05) is 17.7 Å². The van der Waals surface area contributed by atoms with E-state index in [-0.39, 0.29) is 5.78 Å². The summed E-state index contributed by atoms with van der Waals surface area (Å²) in [5, 5.41) is 3.89. The van der Waals surface area contributed by atoms with Crippen molar-refractivity contribution in [1.82, 2.24) is 5.32 Å². The van der Waals surface area contributed by atoms with Crippen LogP contribution in [-0.2, 0) is 11.3 Å². The SMILES string of the molecule is COc1cccc(Cl)c1CNC1=CC(=O)CC1. The number of ketones is 1. The van der Waals surface area contributed by atoms with Crippen LogP contribution in [0.1, 0.15) is 18.4 Å². The van der Waals surface area contributed by atoms with Gasteiger partial charge in [-0.05, 0) is 18.6 Å². The minimum Gasteiger partial charge on any atom is -0.496 e. The van der Waals surface area contributed by atoms with Crippen molar-refractivity contribution in [2.75, 3.05) is 7.11 Å². The number of carbonyl (C=O) groups excluding carboxylic acids is 1. The maximum Gasteiger partial charge on any atom is 0.157 e. The van der Waals surface area contributed by atoms with Crippen LogP contribution in [0.25, 0.3) is 0 Å². The third-order valence-electron chi connectivity index (χ3n) is 2.76. The third-order valence-corrected chi connectivity index (χ3v) is 3.12. The maximum atomic E-state index is 11.1. The highest BCUT2D eigenvalue weighted by Gasteiger charge is 2.13. The molecule has 0 bridgehead atoms. The fraction of sp³-hybridized carbons (Fsp3) is 0.308. The highest BCUT2D eigenvalue weighted by Crippen LogP contribution is 2.26. The predicted octanol–water partition coefficient (Wildman–Crippen LogP) is 2.69. The van der Waals surface area contributed by atoms with E-state index in [1.807, 2.05) is 18.2 Å². The van der Waals surface area contributed by atoms with Gasteiger partial charge in [-0.3, -0.25) is 4.79 Å². The molecule has 0 atom stereocenters. The second-order valence-electron chi connectivity index (χ2n) is 3.91. The lowest BCUT2D eigenvalue weighted by Gasteiger charge is -2.12. The zero-order valence-corrected chi connectivity index (χ0v) is 10.4. The van der Waals surface area contributed by atoms with Crippen molar-refractivity contribution in [3.8, 4) is 5.75 Å². The summed E-state index contributed by atoms with van der Waals surface area (Å²) in [6.45, 7) is 0.571. The topological polar surface area (TPSA) is 38.3 Å². The summed E-state index contributed by atoms with van der Waals surface area (Å²) >= 11 is 6.12. The van der Waals surface area contributed by atoms with Gasteiger partial charge in [0.05, 0.1) is 7.11 Å². The van der Waals surface area contributed by atoms with Crippen molar-refractivity contribution in [2.45, 2.75) is 19.4 Å². The first kappa shape index (κ1) is 12.0. The molecule has 0 amide bonds. The van der Waals surface area contributed by atoms with Gasteiger partial charge < -0.3 is 10.1 Å². The smallest absolute Gasteiger partial charge is 0.157 e. The molecule has 0 heterocycles. The van der Waals surface area contributed by atoms with Crippen LogP contribution in [0.15, 0.2) is 30.0 Å². The molecule has 3 nitrogen and oxygen atoms in total. The Hall–Kier alpha value is -1.48. The number of carbonyl (C=O) groups is 1. The highest BCUT2D eigenvalue weighted by molar-refractivity contribution is 6.31. The summed E-state index contributed by atoms with van der Waals surface area (Å²) in [7, 11) is 1.62. The zero-order valence-electron chi connectivity index (χ0n) is 9.63. The number of hydrogen-bond donors (Lipinski definition) is 1. The monoisotopic (exact) mass is 251 g/mol. The Bertz CT molecular complexity index is 468. The normalized spacial score (nSPS) is 14.7. The molecule has 0 radical (unpaired) electrons. The molecule has 0 saturated carbocycles. The van der Waals surface area contributed by atoms with E-state index in [0.29, 0.717) is 18.0 Å². The lowest BCUT2D eigenvalue weighted by atomic mass is 10.2. The van der Waals surface area contributed by atoms with E-state index in [1.165, 1.54) is 0 Å². The summed E-state index contributed by atoms with van der Waals surface area (Å²) in [4.78, 5) is 11.1. The fourth-order valence-electron chi connectivity index (χ4n) is 1.84. The number of methoxy groups -OCH3 is 1. The van der Waals surface area contributed by atoms with Gasteiger partial charge in [-0.15, -0.1) is 0 Å². The number of nitrogens with one attached hydrogen (secondary N) is 1. The predicted molar refractivity (Wildman–Crippen MR) is 67.2 cm³/mol. The van der Waals surface area contributed by atoms with Crippen molar-refractivity contribution in [1.29, 1.82) is 0 Å². The molecule has 4 heteroatoms. The zero-order chi connectivity index (χ0) is 12.3. The van der Waals surface area contributed by atoms with Crippen molar-refractivity contribution in [3.05, 3.63) is 40.6 Å². The molecule has 1 aromatic rings. The number of allylic oxidation sites excluding steroid dienone is 2. The number of ether oxygens (including phenoxy) is 1. The number of hydrogen-bond acceptors (Lipinski definition) is 3. The number of benzene rings is 1. The Morgan fingerprint density at radius 1 is 1.41 bits per heavy atom. The molecule has 1 aromatic carbocycles. The van der Waals surface area contributed by atoms with Crippen LogP contribution in [0.5, 0.6) is 5.75 Å². The number of halogens is 1. The lowest BCUT2D eigenvalue weighted by molar-refractivity contribution is -0.114. The van der Waals surface area contributed by atoms with Crippen LogP contribution in [0.2, 0.25) is 5.02 Å². The van der Waals surface area contributed by atoms with Crippen molar-refractivity contribution in [2.24, 2.45) is 0 Å². The molecule has 0 fully saturated rings. The van der Waals surface area contributed by atoms with Gasteiger partial charge in [0.25, 0.3) is 0 Å². The second-order valence-corrected chi connectivity index (χ2v) is 4.32. The summed E-state index contributed by atoms with van der Waals surface area (Å²) < 4.78 is 5.25. The first-order valence-corrected chi connectivity index (χ1v) is 5.87. The molecular weight excluding hydrogens is 238 g/mol. The van der Waals surface area contributed by atoms with E-state index < -0.39 is 0 Å². The van der Waals surface area contributed by atoms with Crippen LogP contribution in [0.4, 0.5) is 0 Å². The molecule has 0 spiro atoms. The summed E-state index contributed by atoms with van der Waals surface area (Å²) in [5.74, 6) is 0.938. The van der Waals surface area contributed by atoms with E-state index in [4.69, 9.17) is 16.3 Å². The number of rotatable bonds is 4. The van der Waals surface area contributed by atoms with E-state index >= 15 is 0 Å². The van der Waals surface area contributed by atoms with Gasteiger partial charge in [0, 0.05) is 35.3 Å². The second kappa shape index (κ2) is 5.23. The van der Waals surface area contributed by atoms with Gasteiger partial charge in [-0.25, -0.2) is 0 Å². The Kier molecular flexibility index (Phi) is 3.69. The molecule has 17 heavy (non-hydrogen) atoms. The summed E-state index contributed by atoms with van der Waals surface area (Å²) in [6, 6.07) is 5.55. The molecule has 1 aliphatic rings. The van der Waals surface area contributed by atoms with Gasteiger partial charge in [0.15, 0.2) is 5.78 Å². The maximum absolute atomic E-state index is 11.1. The summed E-state index contributed by atoms with van der Waals surface area (Å²) in [6.07, 6.45) is 3.04. The Labute approximate surface area is 105 Å². The van der Waals surface area contributed by atoms with E-state index in [2.05, 4.69) is 5.32 Å². The highest BCUT2D eigenvalue weighted by atomic mass is 35.5. The molecule has 1 aliphatic carbocycles. The van der Waals surface area contributed by atoms with E-state index in [9.17, 15) is 4.79 Å². The Balaban J connectivity index is 2.08. The summed E-state index contributed by atoms with van der Waals surface area (Å²) in [5.41, 5.74) is 1.88. The van der Waals surface area contributed by atoms with E-state index in [0.717, 1.165) is 23.4 Å². The third kappa shape index (κ3) is 2.80. The van der Waals surface area contributed by atoms with Gasteiger partial charge in [0.1, 0.15) is 5.75 Å². The van der Waals surface area contributed by atoms with Crippen LogP contribution < -0.4 is 10.1 Å². The quantitative estimate of drug-likeness (QED) is 0.894. The largest absolute Gasteiger partial charge is 0.496 e. The Morgan fingerprint density at radius 3 is 2.88 bits per heavy atom.